The third-order valence-electron chi connectivity index (χ3n) is 3.18. The Hall–Kier alpha value is -2.67. The van der Waals surface area contributed by atoms with E-state index in [2.05, 4.69) is 13.8 Å². The van der Waals surface area contributed by atoms with Crippen LogP contribution in [0.3, 0.4) is 0 Å². The monoisotopic (exact) mass is 271 g/mol. The molecule has 0 atom stereocenters. The Kier molecular flexibility index (Phi) is 4.99. The Morgan fingerprint density at radius 3 is 1.30 bits per heavy atom. The minimum absolute atomic E-state index is 0.151. The van der Waals surface area contributed by atoms with Gasteiger partial charge in [-0.15, -0.1) is 0 Å². The van der Waals surface area contributed by atoms with Gasteiger partial charge in [-0.3, -0.25) is 0 Å². The molecule has 2 aromatic carbocycles. The molecule has 4 heteroatoms. The van der Waals surface area contributed by atoms with Crippen LogP contribution in [0.5, 0.6) is 11.5 Å². The number of hydrogen-bond donors (Lipinski definition) is 3. The third-order valence-corrected chi connectivity index (χ3v) is 3.18. The van der Waals surface area contributed by atoms with E-state index >= 15 is 0 Å². The van der Waals surface area contributed by atoms with E-state index in [1.165, 1.54) is 0 Å². The summed E-state index contributed by atoms with van der Waals surface area (Å²) in [5.74, 6) is 0.547. The Labute approximate surface area is 118 Å². The van der Waals surface area contributed by atoms with Crippen LogP contribution in [0, 0.1) is 11.5 Å². The topological polar surface area (TPSA) is 84.5 Å². The first kappa shape index (κ1) is 15.4. The van der Waals surface area contributed by atoms with Crippen LogP contribution in [0.1, 0.15) is 25.0 Å². The van der Waals surface area contributed by atoms with Crippen molar-refractivity contribution in [1.29, 1.82) is 5.26 Å². The number of aliphatic hydroxyl groups excluding tert-OH is 1. The lowest BCUT2D eigenvalue weighted by Crippen LogP contribution is -2.18. The lowest BCUT2D eigenvalue weighted by atomic mass is 9.78. The van der Waals surface area contributed by atoms with Crippen molar-refractivity contribution in [2.24, 2.45) is 0 Å². The molecule has 0 aliphatic rings. The van der Waals surface area contributed by atoms with Crippen LogP contribution in [0.4, 0.5) is 0 Å². The zero-order valence-electron chi connectivity index (χ0n) is 11.4. The van der Waals surface area contributed by atoms with E-state index < -0.39 is 0 Å². The van der Waals surface area contributed by atoms with E-state index in [1.54, 1.807) is 24.3 Å². The molecule has 0 bridgehead atoms. The largest absolute Gasteiger partial charge is 0.508 e. The molecule has 2 aromatic rings. The number of aromatic hydroxyl groups is 2. The number of benzene rings is 2. The molecule has 0 unspecified atom stereocenters. The molecule has 0 saturated carbocycles. The van der Waals surface area contributed by atoms with Gasteiger partial charge in [0.1, 0.15) is 11.5 Å². The van der Waals surface area contributed by atoms with Crippen LogP contribution >= 0.6 is 0 Å². The molecule has 0 aromatic heterocycles. The summed E-state index contributed by atoms with van der Waals surface area (Å²) in [5, 5.41) is 32.3. The third kappa shape index (κ3) is 3.66. The van der Waals surface area contributed by atoms with Gasteiger partial charge in [0, 0.05) is 5.41 Å². The molecule has 0 aliphatic carbocycles. The molecule has 0 saturated heterocycles. The Morgan fingerprint density at radius 2 is 1.05 bits per heavy atom. The summed E-state index contributed by atoms with van der Waals surface area (Å²) in [7, 11) is 0. The molecule has 0 radical (unpaired) electrons. The van der Waals surface area contributed by atoms with Gasteiger partial charge >= 0.3 is 0 Å². The fraction of sp³-hybridized carbons (Fsp3) is 0.188. The van der Waals surface area contributed by atoms with Gasteiger partial charge in [-0.05, 0) is 35.4 Å². The summed E-state index contributed by atoms with van der Waals surface area (Å²) >= 11 is 0. The van der Waals surface area contributed by atoms with Crippen molar-refractivity contribution in [2.45, 2.75) is 19.3 Å². The average Bonchev–Trinajstić information content (AvgIpc) is 2.40. The lowest BCUT2D eigenvalue weighted by molar-refractivity contribution is 0.474. The minimum atomic E-state index is -0.151. The number of rotatable bonds is 2. The second kappa shape index (κ2) is 6.48. The van der Waals surface area contributed by atoms with Crippen molar-refractivity contribution >= 4 is 0 Å². The predicted molar refractivity (Wildman–Crippen MR) is 75.9 cm³/mol. The van der Waals surface area contributed by atoms with E-state index in [0.29, 0.717) is 0 Å². The van der Waals surface area contributed by atoms with Gasteiger partial charge in [-0.2, -0.15) is 5.26 Å². The number of phenols is 2. The van der Waals surface area contributed by atoms with E-state index in [9.17, 15) is 10.2 Å². The van der Waals surface area contributed by atoms with Gasteiger partial charge in [-0.1, -0.05) is 38.1 Å². The van der Waals surface area contributed by atoms with Gasteiger partial charge in [0.15, 0.2) is 0 Å². The summed E-state index contributed by atoms with van der Waals surface area (Å²) in [6, 6.07) is 14.4. The molecule has 0 aliphatic heterocycles. The van der Waals surface area contributed by atoms with Gasteiger partial charge in [0.05, 0.1) is 0 Å². The van der Waals surface area contributed by atoms with Crippen molar-refractivity contribution < 1.29 is 15.3 Å². The van der Waals surface area contributed by atoms with E-state index in [-0.39, 0.29) is 16.9 Å². The molecule has 2 rings (SSSR count). The number of nitrogens with zero attached hydrogens (tertiary/aromatic N) is 1. The molecule has 0 fully saturated rings. The Bertz CT molecular complexity index is 533. The van der Waals surface area contributed by atoms with Crippen molar-refractivity contribution in [2.75, 3.05) is 0 Å². The molecule has 0 amide bonds. The second-order valence-electron chi connectivity index (χ2n) is 4.82. The number of nitriles is 1. The molecule has 20 heavy (non-hydrogen) atoms. The maximum absolute atomic E-state index is 9.30. The van der Waals surface area contributed by atoms with Gasteiger partial charge < -0.3 is 15.3 Å². The maximum atomic E-state index is 9.30. The van der Waals surface area contributed by atoms with Crippen LogP contribution in [0.25, 0.3) is 0 Å². The summed E-state index contributed by atoms with van der Waals surface area (Å²) in [4.78, 5) is 0. The highest BCUT2D eigenvalue weighted by Gasteiger charge is 2.22. The summed E-state index contributed by atoms with van der Waals surface area (Å²) in [5.41, 5.74) is 2.10. The van der Waals surface area contributed by atoms with E-state index in [1.807, 2.05) is 24.3 Å². The predicted octanol–water partition coefficient (Wildman–Crippen LogP) is 3.26. The lowest BCUT2D eigenvalue weighted by Gasteiger charge is -2.26. The first-order valence-corrected chi connectivity index (χ1v) is 6.04. The van der Waals surface area contributed by atoms with Crippen LogP contribution in [-0.4, -0.2) is 15.3 Å². The number of aliphatic hydroxyl groups is 1. The smallest absolute Gasteiger partial charge is 0.283 e. The first-order valence-electron chi connectivity index (χ1n) is 6.04. The second-order valence-corrected chi connectivity index (χ2v) is 4.82. The van der Waals surface area contributed by atoms with Gasteiger partial charge in [0.2, 0.25) is 0 Å². The molecule has 104 valence electrons. The molecular formula is C16H17NO3. The van der Waals surface area contributed by atoms with Gasteiger partial charge in [0.25, 0.3) is 6.26 Å². The van der Waals surface area contributed by atoms with Crippen molar-refractivity contribution in [3.63, 3.8) is 0 Å². The van der Waals surface area contributed by atoms with E-state index in [4.69, 9.17) is 10.4 Å². The van der Waals surface area contributed by atoms with Crippen LogP contribution in [0.2, 0.25) is 0 Å². The fourth-order valence-electron chi connectivity index (χ4n) is 1.92. The summed E-state index contributed by atoms with van der Waals surface area (Å²) < 4.78 is 0. The SMILES string of the molecule is CC(C)(c1ccc(O)cc1)c1ccc(O)cc1.N#CO. The van der Waals surface area contributed by atoms with Gasteiger partial charge in [-0.25, -0.2) is 0 Å². The first-order chi connectivity index (χ1) is 9.41. The Morgan fingerprint density at radius 1 is 0.800 bits per heavy atom. The maximum Gasteiger partial charge on any atom is 0.283 e. The van der Waals surface area contributed by atoms with Crippen LogP contribution in [-0.2, 0) is 5.41 Å². The normalized spacial score (nSPS) is 10.1. The van der Waals surface area contributed by atoms with Crippen LogP contribution < -0.4 is 0 Å². The van der Waals surface area contributed by atoms with Crippen molar-refractivity contribution in [1.82, 2.24) is 0 Å². The minimum Gasteiger partial charge on any atom is -0.508 e. The molecule has 0 heterocycles. The van der Waals surface area contributed by atoms with Crippen molar-refractivity contribution in [3.05, 3.63) is 59.7 Å². The Balaban J connectivity index is 0.000000612. The van der Waals surface area contributed by atoms with E-state index in [0.717, 1.165) is 17.4 Å². The molecule has 3 N–H and O–H groups in total. The molecular weight excluding hydrogens is 254 g/mol. The number of hydrogen-bond acceptors (Lipinski definition) is 4. The number of phenolic OH excluding ortho intramolecular Hbond substituents is 2. The highest BCUT2D eigenvalue weighted by atomic mass is 16.3. The van der Waals surface area contributed by atoms with Crippen molar-refractivity contribution in [3.8, 4) is 17.8 Å². The zero-order chi connectivity index (χ0) is 15.2. The molecule has 4 nitrogen and oxygen atoms in total. The highest BCUT2D eigenvalue weighted by molar-refractivity contribution is 5.41. The standard InChI is InChI=1S/C15H16O2.CHNO/c1-15(2,11-3-7-13(16)8-4-11)12-5-9-14(17)10-6-12;2-1-3/h3-10,16-17H,1-2H3;3H. The summed E-state index contributed by atoms with van der Waals surface area (Å²) in [6.45, 7) is 4.23. The highest BCUT2D eigenvalue weighted by Crippen LogP contribution is 2.32. The van der Waals surface area contributed by atoms with Crippen LogP contribution in [0.15, 0.2) is 48.5 Å². The zero-order valence-corrected chi connectivity index (χ0v) is 11.4. The molecule has 0 spiro atoms. The fourth-order valence-corrected chi connectivity index (χ4v) is 1.92. The average molecular weight is 271 g/mol. The summed E-state index contributed by atoms with van der Waals surface area (Å²) in [6.07, 6.45) is 0.750. The quantitative estimate of drug-likeness (QED) is 0.732.